The van der Waals surface area contributed by atoms with Crippen LogP contribution in [0.2, 0.25) is 0 Å². The topological polar surface area (TPSA) is 72.6 Å². The lowest BCUT2D eigenvalue weighted by molar-refractivity contribution is -0.535. The molecule has 1 aromatic carbocycles. The summed E-state index contributed by atoms with van der Waals surface area (Å²) in [6.07, 6.45) is -0.0115. The summed E-state index contributed by atoms with van der Waals surface area (Å²) in [5, 5.41) is 20.8. The van der Waals surface area contributed by atoms with Gasteiger partial charge in [0.1, 0.15) is 5.75 Å². The zero-order chi connectivity index (χ0) is 12.4. The van der Waals surface area contributed by atoms with Gasteiger partial charge >= 0.3 is 12.2 Å². The number of hydrogen-bond donors (Lipinski definition) is 1. The molecule has 0 aliphatic carbocycles. The Morgan fingerprint density at radius 3 is 2.59 bits per heavy atom. The number of rotatable bonds is 3. The summed E-state index contributed by atoms with van der Waals surface area (Å²) >= 11 is 0. The fraction of sp³-hybridized carbons (Fsp3) is 0.333. The van der Waals surface area contributed by atoms with Gasteiger partial charge in [0.15, 0.2) is 0 Å². The molecule has 1 aliphatic rings. The van der Waals surface area contributed by atoms with Crippen LogP contribution in [-0.2, 0) is 16.0 Å². The number of benzene rings is 1. The Balaban J connectivity index is 2.20. The van der Waals surface area contributed by atoms with Crippen LogP contribution in [0.5, 0.6) is 5.75 Å². The molecule has 0 saturated heterocycles. The molecular formula is C12H13NO4. The molecule has 1 aliphatic heterocycles. The lowest BCUT2D eigenvalue weighted by Crippen LogP contribution is -2.20. The maximum Gasteiger partial charge on any atom is 0.405 e. The van der Waals surface area contributed by atoms with Crippen LogP contribution in [0, 0.1) is 5.21 Å². The lowest BCUT2D eigenvalue weighted by Gasteiger charge is -2.06. The molecule has 0 bridgehead atoms. The van der Waals surface area contributed by atoms with E-state index in [2.05, 4.69) is 0 Å². The van der Waals surface area contributed by atoms with Crippen molar-refractivity contribution in [3.8, 4) is 5.75 Å². The quantitative estimate of drug-likeness (QED) is 0.485. The Hall–Kier alpha value is -2.04. The lowest BCUT2D eigenvalue weighted by atomic mass is 10.1. The van der Waals surface area contributed by atoms with Crippen LogP contribution in [-0.4, -0.2) is 27.8 Å². The van der Waals surface area contributed by atoms with Gasteiger partial charge in [-0.3, -0.25) is 0 Å². The van der Waals surface area contributed by atoms with E-state index in [1.54, 1.807) is 19.1 Å². The van der Waals surface area contributed by atoms with Gasteiger partial charge in [-0.25, -0.2) is 4.79 Å². The Bertz CT molecular complexity index is 464. The predicted molar refractivity (Wildman–Crippen MR) is 60.6 cm³/mol. The number of carbonyl (C=O) groups is 1. The number of hydroxylamine groups is 1. The zero-order valence-electron chi connectivity index (χ0n) is 9.42. The highest BCUT2D eigenvalue weighted by molar-refractivity contribution is 6.35. The highest BCUT2D eigenvalue weighted by atomic mass is 16.6. The molecule has 0 fully saturated rings. The van der Waals surface area contributed by atoms with Crippen LogP contribution in [0.3, 0.4) is 0 Å². The van der Waals surface area contributed by atoms with Gasteiger partial charge in [-0.15, -0.1) is 0 Å². The molecule has 1 unspecified atom stereocenters. The van der Waals surface area contributed by atoms with Gasteiger partial charge < -0.3 is 15.1 Å². The van der Waals surface area contributed by atoms with Gasteiger partial charge in [0.05, 0.1) is 6.42 Å². The molecule has 2 rings (SSSR count). The molecule has 0 radical (unpaired) electrons. The Labute approximate surface area is 98.5 Å². The first-order valence-electron chi connectivity index (χ1n) is 5.43. The number of phenols is 1. The number of hydrogen-bond acceptors (Lipinski definition) is 4. The summed E-state index contributed by atoms with van der Waals surface area (Å²) < 4.78 is 5.55. The Kier molecular flexibility index (Phi) is 2.99. The van der Waals surface area contributed by atoms with E-state index in [0.29, 0.717) is 11.2 Å². The summed E-state index contributed by atoms with van der Waals surface area (Å²) in [5.74, 6) is -0.405. The number of phenolic OH excluding ortho intramolecular Hbond substituents is 1. The summed E-state index contributed by atoms with van der Waals surface area (Å²) in [6, 6.07) is 6.37. The van der Waals surface area contributed by atoms with Gasteiger partial charge in [0.25, 0.3) is 5.71 Å². The van der Waals surface area contributed by atoms with Crippen molar-refractivity contribution in [1.29, 1.82) is 0 Å². The second kappa shape index (κ2) is 4.45. The number of carbonyl (C=O) groups excluding carboxylic acids is 1. The predicted octanol–water partition coefficient (Wildman–Crippen LogP) is 1.18. The first-order valence-corrected chi connectivity index (χ1v) is 5.43. The van der Waals surface area contributed by atoms with E-state index in [9.17, 15) is 10.0 Å². The minimum absolute atomic E-state index is 0.113. The average Bonchev–Trinajstić information content (AvgIpc) is 2.59. The van der Waals surface area contributed by atoms with Crippen molar-refractivity contribution in [2.24, 2.45) is 0 Å². The molecule has 0 aromatic heterocycles. The number of esters is 1. The molecule has 1 atom stereocenters. The van der Waals surface area contributed by atoms with Crippen molar-refractivity contribution in [3.63, 3.8) is 0 Å². The van der Waals surface area contributed by atoms with E-state index in [4.69, 9.17) is 9.84 Å². The van der Waals surface area contributed by atoms with Crippen molar-refractivity contribution in [1.82, 2.24) is 0 Å². The average molecular weight is 235 g/mol. The fourth-order valence-corrected chi connectivity index (χ4v) is 1.71. The standard InChI is InChI=1S/C12H13NO4/c1-2-11-13(16)10(12(15)17-11)7-8-3-5-9(14)6-4-8/h3-6,11,14H,2,7H2,1H3. The molecule has 0 saturated carbocycles. The molecule has 0 spiro atoms. The first kappa shape index (κ1) is 11.4. The molecule has 0 amide bonds. The third kappa shape index (κ3) is 2.22. The summed E-state index contributed by atoms with van der Waals surface area (Å²) in [6.45, 7) is 1.78. The Morgan fingerprint density at radius 2 is 2.06 bits per heavy atom. The first-order chi connectivity index (χ1) is 8.11. The van der Waals surface area contributed by atoms with E-state index < -0.39 is 12.2 Å². The molecular weight excluding hydrogens is 222 g/mol. The zero-order valence-corrected chi connectivity index (χ0v) is 9.42. The molecule has 1 N–H and O–H groups in total. The summed E-state index contributed by atoms with van der Waals surface area (Å²) in [7, 11) is 0. The third-order valence-corrected chi connectivity index (χ3v) is 2.66. The third-order valence-electron chi connectivity index (χ3n) is 2.66. The molecule has 5 nitrogen and oxygen atoms in total. The second-order valence-electron chi connectivity index (χ2n) is 3.88. The molecule has 1 heterocycles. The normalized spacial score (nSPS) is 19.6. The van der Waals surface area contributed by atoms with Crippen molar-refractivity contribution in [2.45, 2.75) is 26.0 Å². The van der Waals surface area contributed by atoms with Gasteiger partial charge in [0, 0.05) is 6.42 Å². The van der Waals surface area contributed by atoms with Crippen LogP contribution in [0.15, 0.2) is 24.3 Å². The second-order valence-corrected chi connectivity index (χ2v) is 3.88. The number of ether oxygens (including phenoxy) is 1. The van der Waals surface area contributed by atoms with E-state index >= 15 is 0 Å². The van der Waals surface area contributed by atoms with Crippen LogP contribution in [0.1, 0.15) is 18.9 Å². The van der Waals surface area contributed by atoms with E-state index in [0.717, 1.165) is 5.56 Å². The maximum atomic E-state index is 11.7. The number of aromatic hydroxyl groups is 1. The van der Waals surface area contributed by atoms with Gasteiger partial charge in [0.2, 0.25) is 0 Å². The smallest absolute Gasteiger partial charge is 0.405 e. The van der Waals surface area contributed by atoms with Crippen molar-refractivity contribution < 1.29 is 19.4 Å². The summed E-state index contributed by atoms with van der Waals surface area (Å²) in [4.78, 5) is 11.5. The Morgan fingerprint density at radius 1 is 1.41 bits per heavy atom. The minimum Gasteiger partial charge on any atom is -0.621 e. The highest BCUT2D eigenvalue weighted by Crippen LogP contribution is 2.15. The van der Waals surface area contributed by atoms with Gasteiger partial charge in [-0.05, 0) is 17.7 Å². The minimum atomic E-state index is -0.699. The number of cyclic esters (lactones) is 1. The van der Waals surface area contributed by atoms with Crippen molar-refractivity contribution >= 4 is 11.7 Å². The number of nitrogens with zero attached hydrogens (tertiary/aromatic N) is 1. The van der Waals surface area contributed by atoms with Crippen LogP contribution in [0.4, 0.5) is 0 Å². The van der Waals surface area contributed by atoms with E-state index in [-0.39, 0.29) is 17.9 Å². The van der Waals surface area contributed by atoms with Crippen LogP contribution < -0.4 is 0 Å². The van der Waals surface area contributed by atoms with Crippen LogP contribution >= 0.6 is 0 Å². The monoisotopic (exact) mass is 235 g/mol. The molecule has 5 heteroatoms. The SMILES string of the molecule is CCC1OC(=O)C(Cc2ccc(O)cc2)=[N+]1[O-]. The van der Waals surface area contributed by atoms with Gasteiger partial charge in [-0.1, -0.05) is 19.1 Å². The van der Waals surface area contributed by atoms with Crippen molar-refractivity contribution in [2.75, 3.05) is 0 Å². The van der Waals surface area contributed by atoms with Crippen molar-refractivity contribution in [3.05, 3.63) is 35.0 Å². The highest BCUT2D eigenvalue weighted by Gasteiger charge is 2.37. The molecule has 90 valence electrons. The largest absolute Gasteiger partial charge is 0.621 e. The van der Waals surface area contributed by atoms with E-state index in [1.165, 1.54) is 12.1 Å². The van der Waals surface area contributed by atoms with E-state index in [1.807, 2.05) is 0 Å². The summed E-state index contributed by atoms with van der Waals surface area (Å²) in [5.41, 5.74) is 0.898. The van der Waals surface area contributed by atoms with Gasteiger partial charge in [-0.2, -0.15) is 4.74 Å². The molecule has 17 heavy (non-hydrogen) atoms. The van der Waals surface area contributed by atoms with Crippen LogP contribution in [0.25, 0.3) is 0 Å². The fourth-order valence-electron chi connectivity index (χ4n) is 1.71. The maximum absolute atomic E-state index is 11.7. The molecule has 1 aromatic rings.